The number of ether oxygens (including phenoxy) is 1. The molecule has 0 aromatic heterocycles. The molecule has 2 N–H and O–H groups in total. The summed E-state index contributed by atoms with van der Waals surface area (Å²) >= 11 is 0. The van der Waals surface area contributed by atoms with E-state index in [4.69, 9.17) is 20.7 Å². The van der Waals surface area contributed by atoms with E-state index in [0.717, 1.165) is 16.9 Å². The number of amidine groups is 1. The number of nitriles is 1. The van der Waals surface area contributed by atoms with Crippen molar-refractivity contribution in [2.75, 3.05) is 7.11 Å². The summed E-state index contributed by atoms with van der Waals surface area (Å²) < 4.78 is 5.21. The topological polar surface area (TPSA) is 83.8 Å². The maximum Gasteiger partial charge on any atom is 0.204 e. The van der Waals surface area contributed by atoms with Gasteiger partial charge in [0, 0.05) is 11.1 Å². The number of benzene rings is 2. The summed E-state index contributed by atoms with van der Waals surface area (Å²) in [5.41, 5.74) is 7.95. The Hall–Kier alpha value is -3.13. The Kier molecular flexibility index (Phi) is 3.59. The summed E-state index contributed by atoms with van der Waals surface area (Å²) in [7, 11) is 1.62. The molecule has 0 saturated heterocycles. The molecule has 2 aromatic carbocycles. The smallest absolute Gasteiger partial charge is 0.204 e. The number of hydrogen-bond acceptors (Lipinski definition) is 5. The van der Waals surface area contributed by atoms with Gasteiger partial charge in [-0.2, -0.15) is 5.26 Å². The highest BCUT2D eigenvalue weighted by Crippen LogP contribution is 2.39. The summed E-state index contributed by atoms with van der Waals surface area (Å²) in [6, 6.07) is 17.0. The lowest BCUT2D eigenvalue weighted by molar-refractivity contribution is 0.414. The number of nitrogens with two attached hydrogens (primary N) is 1. The highest BCUT2D eigenvalue weighted by atomic mass is 16.5. The Labute approximate surface area is 134 Å². The molecule has 1 aliphatic rings. The third-order valence-corrected chi connectivity index (χ3v) is 3.87. The van der Waals surface area contributed by atoms with Gasteiger partial charge in [0.25, 0.3) is 0 Å². The van der Waals surface area contributed by atoms with Gasteiger partial charge in [-0.3, -0.25) is 0 Å². The van der Waals surface area contributed by atoms with Crippen molar-refractivity contribution in [2.24, 2.45) is 15.7 Å². The average Bonchev–Trinajstić information content (AvgIpc) is 2.91. The second-order valence-electron chi connectivity index (χ2n) is 5.29. The van der Waals surface area contributed by atoms with Crippen LogP contribution in [-0.4, -0.2) is 18.7 Å². The van der Waals surface area contributed by atoms with Crippen LogP contribution in [0.15, 0.2) is 58.5 Å². The summed E-state index contributed by atoms with van der Waals surface area (Å²) in [4.78, 5) is 9.32. The molecule has 0 bridgehead atoms. The predicted octanol–water partition coefficient (Wildman–Crippen LogP) is 2.60. The summed E-state index contributed by atoms with van der Waals surface area (Å²) in [6.07, 6.45) is 0. The van der Waals surface area contributed by atoms with Crippen molar-refractivity contribution in [3.8, 4) is 11.8 Å². The van der Waals surface area contributed by atoms with E-state index in [1.165, 1.54) is 0 Å². The van der Waals surface area contributed by atoms with Gasteiger partial charge in [-0.1, -0.05) is 24.3 Å². The minimum Gasteiger partial charge on any atom is -0.497 e. The molecule has 0 aliphatic carbocycles. The van der Waals surface area contributed by atoms with E-state index >= 15 is 0 Å². The van der Waals surface area contributed by atoms with Crippen LogP contribution in [0, 0.1) is 11.3 Å². The first-order valence-electron chi connectivity index (χ1n) is 7.16. The van der Waals surface area contributed by atoms with Gasteiger partial charge < -0.3 is 10.5 Å². The minimum atomic E-state index is -0.951. The van der Waals surface area contributed by atoms with Crippen LogP contribution >= 0.6 is 0 Å². The number of methoxy groups -OCH3 is 1. The molecule has 2 aromatic rings. The molecule has 1 aliphatic heterocycles. The first-order chi connectivity index (χ1) is 11.1. The van der Waals surface area contributed by atoms with Crippen LogP contribution in [-0.2, 0) is 5.66 Å². The lowest BCUT2D eigenvalue weighted by Gasteiger charge is -2.24. The van der Waals surface area contributed by atoms with Gasteiger partial charge in [0.05, 0.1) is 24.5 Å². The van der Waals surface area contributed by atoms with Crippen LogP contribution in [0.4, 0.5) is 0 Å². The highest BCUT2D eigenvalue weighted by molar-refractivity contribution is 6.41. The van der Waals surface area contributed by atoms with Gasteiger partial charge in [-0.15, -0.1) is 0 Å². The van der Waals surface area contributed by atoms with Crippen molar-refractivity contribution in [3.05, 3.63) is 65.2 Å². The van der Waals surface area contributed by atoms with Gasteiger partial charge in [0.15, 0.2) is 0 Å². The average molecular weight is 304 g/mol. The summed E-state index contributed by atoms with van der Waals surface area (Å²) in [5.74, 6) is 1.16. The van der Waals surface area contributed by atoms with Crippen LogP contribution in [0.5, 0.6) is 5.75 Å². The van der Waals surface area contributed by atoms with Crippen LogP contribution in [0.1, 0.15) is 23.6 Å². The SMILES string of the molecule is COc1ccc(C2(c3cccc(C#N)c3)N=C(C)C(N)=N2)cc1. The minimum absolute atomic E-state index is 0.406. The molecular weight excluding hydrogens is 288 g/mol. The van der Waals surface area contributed by atoms with E-state index in [2.05, 4.69) is 11.1 Å². The Balaban J connectivity index is 2.22. The zero-order valence-corrected chi connectivity index (χ0v) is 12.9. The van der Waals surface area contributed by atoms with Crippen molar-refractivity contribution < 1.29 is 4.74 Å². The van der Waals surface area contributed by atoms with Gasteiger partial charge in [-0.05, 0) is 31.2 Å². The third kappa shape index (κ3) is 2.44. The highest BCUT2D eigenvalue weighted by Gasteiger charge is 2.38. The summed E-state index contributed by atoms with van der Waals surface area (Å²) in [5, 5.41) is 9.17. The Bertz CT molecular complexity index is 826. The molecule has 5 nitrogen and oxygen atoms in total. The van der Waals surface area contributed by atoms with E-state index in [1.54, 1.807) is 19.2 Å². The van der Waals surface area contributed by atoms with Crippen molar-refractivity contribution in [1.82, 2.24) is 0 Å². The Morgan fingerprint density at radius 3 is 2.39 bits per heavy atom. The number of nitrogens with zero attached hydrogens (tertiary/aromatic N) is 3. The molecule has 3 rings (SSSR count). The fourth-order valence-electron chi connectivity index (χ4n) is 2.63. The standard InChI is InChI=1S/C18H16N4O/c1-12-17(20)22-18(21-12,14-6-8-16(23-2)9-7-14)15-5-3-4-13(10-15)11-19/h3-10H,1-2H3,(H2,20,22). The van der Waals surface area contributed by atoms with Gasteiger partial charge in [0.2, 0.25) is 5.66 Å². The number of rotatable bonds is 3. The quantitative estimate of drug-likeness (QED) is 0.946. The van der Waals surface area contributed by atoms with Crippen LogP contribution in [0.3, 0.4) is 0 Å². The monoisotopic (exact) mass is 304 g/mol. The maximum absolute atomic E-state index is 9.17. The molecule has 0 saturated carbocycles. The third-order valence-electron chi connectivity index (χ3n) is 3.87. The van der Waals surface area contributed by atoms with Crippen molar-refractivity contribution >= 4 is 11.5 Å². The zero-order chi connectivity index (χ0) is 16.4. The maximum atomic E-state index is 9.17. The first kappa shape index (κ1) is 14.8. The predicted molar refractivity (Wildman–Crippen MR) is 89.7 cm³/mol. The van der Waals surface area contributed by atoms with E-state index in [1.807, 2.05) is 43.3 Å². The second-order valence-corrected chi connectivity index (χ2v) is 5.29. The summed E-state index contributed by atoms with van der Waals surface area (Å²) in [6.45, 7) is 1.83. The Morgan fingerprint density at radius 2 is 1.83 bits per heavy atom. The normalized spacial score (nSPS) is 19.7. The Morgan fingerprint density at radius 1 is 1.09 bits per heavy atom. The first-order valence-corrected chi connectivity index (χ1v) is 7.16. The van der Waals surface area contributed by atoms with Crippen molar-refractivity contribution in [2.45, 2.75) is 12.6 Å². The molecule has 23 heavy (non-hydrogen) atoms. The molecular formula is C18H16N4O. The molecule has 1 unspecified atom stereocenters. The zero-order valence-electron chi connectivity index (χ0n) is 12.9. The van der Waals surface area contributed by atoms with Crippen molar-refractivity contribution in [3.63, 3.8) is 0 Å². The fourth-order valence-corrected chi connectivity index (χ4v) is 2.63. The van der Waals surface area contributed by atoms with E-state index in [9.17, 15) is 0 Å². The van der Waals surface area contributed by atoms with Gasteiger partial charge in [-0.25, -0.2) is 9.98 Å². The molecule has 0 radical (unpaired) electrons. The lowest BCUT2D eigenvalue weighted by atomic mass is 9.91. The van der Waals surface area contributed by atoms with E-state index < -0.39 is 5.66 Å². The molecule has 0 fully saturated rings. The van der Waals surface area contributed by atoms with Crippen LogP contribution < -0.4 is 10.5 Å². The molecule has 0 amide bonds. The van der Waals surface area contributed by atoms with Gasteiger partial charge >= 0.3 is 0 Å². The van der Waals surface area contributed by atoms with Crippen molar-refractivity contribution in [1.29, 1.82) is 5.26 Å². The molecule has 0 spiro atoms. The number of aliphatic imine (C=N–C) groups is 2. The molecule has 114 valence electrons. The number of hydrogen-bond donors (Lipinski definition) is 1. The molecule has 1 heterocycles. The largest absolute Gasteiger partial charge is 0.497 e. The van der Waals surface area contributed by atoms with Crippen LogP contribution in [0.25, 0.3) is 0 Å². The van der Waals surface area contributed by atoms with Crippen LogP contribution in [0.2, 0.25) is 0 Å². The fraction of sp³-hybridized carbons (Fsp3) is 0.167. The van der Waals surface area contributed by atoms with E-state index in [-0.39, 0.29) is 0 Å². The van der Waals surface area contributed by atoms with Gasteiger partial charge in [0.1, 0.15) is 11.6 Å². The van der Waals surface area contributed by atoms with E-state index in [0.29, 0.717) is 17.1 Å². The lowest BCUT2D eigenvalue weighted by Crippen LogP contribution is -2.22. The molecule has 1 atom stereocenters. The second kappa shape index (κ2) is 5.58. The molecule has 5 heteroatoms.